The SMILES string of the molecule is CC(COCC(C)C(F)C(F)F)C(F)C(F)F. The fraction of sp³-hybridized carbons (Fsp3) is 1.00. The largest absolute Gasteiger partial charge is 0.381 e. The van der Waals surface area contributed by atoms with E-state index in [-0.39, 0.29) is 13.2 Å². The van der Waals surface area contributed by atoms with E-state index in [2.05, 4.69) is 0 Å². The zero-order chi connectivity index (χ0) is 13.6. The Morgan fingerprint density at radius 1 is 0.706 bits per heavy atom. The highest BCUT2D eigenvalue weighted by molar-refractivity contribution is 4.69. The van der Waals surface area contributed by atoms with Crippen molar-refractivity contribution in [2.24, 2.45) is 11.8 Å². The zero-order valence-corrected chi connectivity index (χ0v) is 9.55. The molecule has 104 valence electrons. The molecule has 0 aliphatic rings. The second kappa shape index (κ2) is 7.79. The van der Waals surface area contributed by atoms with Crippen LogP contribution in [0.2, 0.25) is 0 Å². The lowest BCUT2D eigenvalue weighted by Crippen LogP contribution is -2.29. The third kappa shape index (κ3) is 6.14. The van der Waals surface area contributed by atoms with Crippen LogP contribution in [0.1, 0.15) is 13.8 Å². The van der Waals surface area contributed by atoms with E-state index in [4.69, 9.17) is 4.74 Å². The summed E-state index contributed by atoms with van der Waals surface area (Å²) in [5.41, 5.74) is 0. The summed E-state index contributed by atoms with van der Waals surface area (Å²) in [5, 5.41) is 0. The van der Waals surface area contributed by atoms with Crippen LogP contribution in [0.5, 0.6) is 0 Å². The molecule has 0 aliphatic carbocycles. The Hall–Kier alpha value is -0.460. The van der Waals surface area contributed by atoms with Crippen LogP contribution in [0.15, 0.2) is 0 Å². The van der Waals surface area contributed by atoms with E-state index in [0.29, 0.717) is 0 Å². The Kier molecular flexibility index (Phi) is 7.58. The highest BCUT2D eigenvalue weighted by Gasteiger charge is 2.28. The Balaban J connectivity index is 3.84. The first-order valence-corrected chi connectivity index (χ1v) is 5.19. The molecule has 0 aromatic heterocycles. The number of ether oxygens (including phenoxy) is 1. The highest BCUT2D eigenvalue weighted by Crippen LogP contribution is 2.18. The van der Waals surface area contributed by atoms with Gasteiger partial charge in [-0.1, -0.05) is 13.8 Å². The van der Waals surface area contributed by atoms with E-state index in [9.17, 15) is 26.3 Å². The van der Waals surface area contributed by atoms with Crippen LogP contribution in [0.3, 0.4) is 0 Å². The highest BCUT2D eigenvalue weighted by atomic mass is 19.3. The molecule has 0 radical (unpaired) electrons. The maximum atomic E-state index is 12.7. The minimum atomic E-state index is -3.11. The standard InChI is InChI=1S/C10H16F6O/c1-5(7(11)9(13)14)3-17-4-6(2)8(12)10(15)16/h5-10H,3-4H2,1-2H3. The molecule has 0 fully saturated rings. The van der Waals surface area contributed by atoms with Crippen LogP contribution in [-0.4, -0.2) is 38.4 Å². The first-order valence-electron chi connectivity index (χ1n) is 5.19. The van der Waals surface area contributed by atoms with Gasteiger partial charge in [0.15, 0.2) is 12.3 Å². The topological polar surface area (TPSA) is 9.23 Å². The van der Waals surface area contributed by atoms with E-state index in [1.54, 1.807) is 0 Å². The summed E-state index contributed by atoms with van der Waals surface area (Å²) in [5.74, 6) is -2.13. The van der Waals surface area contributed by atoms with E-state index in [1.165, 1.54) is 13.8 Å². The first kappa shape index (κ1) is 16.5. The summed E-state index contributed by atoms with van der Waals surface area (Å²) in [6.45, 7) is 1.71. The van der Waals surface area contributed by atoms with Gasteiger partial charge < -0.3 is 4.74 Å². The van der Waals surface area contributed by atoms with Gasteiger partial charge in [-0.15, -0.1) is 0 Å². The molecule has 7 heteroatoms. The molecule has 0 saturated carbocycles. The molecule has 0 amide bonds. The summed E-state index contributed by atoms with van der Waals surface area (Å²) < 4.78 is 77.8. The third-order valence-electron chi connectivity index (χ3n) is 2.33. The summed E-state index contributed by atoms with van der Waals surface area (Å²) >= 11 is 0. The minimum absolute atomic E-state index is 0.355. The molecular formula is C10H16F6O. The molecule has 0 saturated heterocycles. The van der Waals surface area contributed by atoms with E-state index >= 15 is 0 Å². The van der Waals surface area contributed by atoms with Gasteiger partial charge in [0.2, 0.25) is 0 Å². The van der Waals surface area contributed by atoms with Crippen LogP contribution in [0.25, 0.3) is 0 Å². The molecule has 0 aromatic rings. The Bertz CT molecular complexity index is 181. The lowest BCUT2D eigenvalue weighted by atomic mass is 10.1. The van der Waals surface area contributed by atoms with Crippen molar-refractivity contribution in [3.05, 3.63) is 0 Å². The number of hydrogen-bond donors (Lipinski definition) is 0. The van der Waals surface area contributed by atoms with E-state index in [1.807, 2.05) is 0 Å². The number of rotatable bonds is 8. The quantitative estimate of drug-likeness (QED) is 0.611. The smallest absolute Gasteiger partial charge is 0.269 e. The lowest BCUT2D eigenvalue weighted by molar-refractivity contribution is -0.0370. The molecule has 0 bridgehead atoms. The van der Waals surface area contributed by atoms with Gasteiger partial charge in [0.1, 0.15) is 0 Å². The van der Waals surface area contributed by atoms with Gasteiger partial charge in [0, 0.05) is 11.8 Å². The average molecular weight is 266 g/mol. The van der Waals surface area contributed by atoms with Crippen molar-refractivity contribution < 1.29 is 31.1 Å². The summed E-state index contributed by atoms with van der Waals surface area (Å²) in [6.07, 6.45) is -10.9. The van der Waals surface area contributed by atoms with Gasteiger partial charge in [-0.25, -0.2) is 26.3 Å². The van der Waals surface area contributed by atoms with Crippen LogP contribution in [-0.2, 0) is 4.74 Å². The normalized spacial score (nSPS) is 19.4. The van der Waals surface area contributed by atoms with E-state index in [0.717, 1.165) is 0 Å². The maximum Gasteiger partial charge on any atom is 0.269 e. The fourth-order valence-corrected chi connectivity index (χ4v) is 1.12. The van der Waals surface area contributed by atoms with Crippen LogP contribution in [0, 0.1) is 11.8 Å². The van der Waals surface area contributed by atoms with Gasteiger partial charge in [-0.05, 0) is 0 Å². The fourth-order valence-electron chi connectivity index (χ4n) is 1.12. The first-order chi connectivity index (χ1) is 7.77. The predicted molar refractivity (Wildman–Crippen MR) is 50.9 cm³/mol. The van der Waals surface area contributed by atoms with Crippen molar-refractivity contribution in [3.8, 4) is 0 Å². The molecule has 0 rings (SSSR count). The average Bonchev–Trinajstić information content (AvgIpc) is 2.26. The summed E-state index contributed by atoms with van der Waals surface area (Å²) in [4.78, 5) is 0. The second-order valence-corrected chi connectivity index (χ2v) is 4.05. The van der Waals surface area contributed by atoms with Crippen molar-refractivity contribution >= 4 is 0 Å². The van der Waals surface area contributed by atoms with E-state index < -0.39 is 37.0 Å². The van der Waals surface area contributed by atoms with Crippen molar-refractivity contribution in [2.45, 2.75) is 39.0 Å². The molecular weight excluding hydrogens is 250 g/mol. The number of halogens is 6. The second-order valence-electron chi connectivity index (χ2n) is 4.05. The van der Waals surface area contributed by atoms with Crippen LogP contribution < -0.4 is 0 Å². The van der Waals surface area contributed by atoms with Gasteiger partial charge in [-0.3, -0.25) is 0 Å². The molecule has 4 atom stereocenters. The van der Waals surface area contributed by atoms with Gasteiger partial charge in [-0.2, -0.15) is 0 Å². The summed E-state index contributed by atoms with van der Waals surface area (Å²) in [7, 11) is 0. The minimum Gasteiger partial charge on any atom is -0.381 e. The molecule has 0 aromatic carbocycles. The molecule has 4 unspecified atom stereocenters. The van der Waals surface area contributed by atoms with Crippen LogP contribution in [0.4, 0.5) is 26.3 Å². The maximum absolute atomic E-state index is 12.7. The lowest BCUT2D eigenvalue weighted by Gasteiger charge is -2.19. The number of alkyl halides is 6. The van der Waals surface area contributed by atoms with Crippen molar-refractivity contribution in [2.75, 3.05) is 13.2 Å². The van der Waals surface area contributed by atoms with Gasteiger partial charge in [0.05, 0.1) is 13.2 Å². The monoisotopic (exact) mass is 266 g/mol. The molecule has 0 spiro atoms. The molecule has 17 heavy (non-hydrogen) atoms. The van der Waals surface area contributed by atoms with Gasteiger partial charge >= 0.3 is 0 Å². The van der Waals surface area contributed by atoms with Crippen molar-refractivity contribution in [1.29, 1.82) is 0 Å². The number of hydrogen-bond acceptors (Lipinski definition) is 1. The molecule has 0 aliphatic heterocycles. The van der Waals surface area contributed by atoms with Crippen molar-refractivity contribution in [3.63, 3.8) is 0 Å². The van der Waals surface area contributed by atoms with Crippen LogP contribution >= 0.6 is 0 Å². The molecule has 0 heterocycles. The summed E-state index contributed by atoms with van der Waals surface area (Å²) in [6, 6.07) is 0. The zero-order valence-electron chi connectivity index (χ0n) is 9.55. The predicted octanol–water partition coefficient (Wildman–Crippen LogP) is 3.48. The molecule has 0 N–H and O–H groups in total. The van der Waals surface area contributed by atoms with Gasteiger partial charge in [0.25, 0.3) is 12.9 Å². The molecule has 1 nitrogen and oxygen atoms in total. The Morgan fingerprint density at radius 3 is 1.24 bits per heavy atom. The third-order valence-corrected chi connectivity index (χ3v) is 2.33. The Morgan fingerprint density at radius 2 is 1.00 bits per heavy atom. The van der Waals surface area contributed by atoms with Crippen molar-refractivity contribution in [1.82, 2.24) is 0 Å². The Labute approximate surface area is 96.1 Å².